The Hall–Kier alpha value is -1.95. The van der Waals surface area contributed by atoms with Crippen LogP contribution in [0.5, 0.6) is 0 Å². The van der Waals surface area contributed by atoms with E-state index in [-0.39, 0.29) is 30.1 Å². The van der Waals surface area contributed by atoms with E-state index in [0.717, 1.165) is 24.9 Å². The van der Waals surface area contributed by atoms with E-state index in [1.807, 2.05) is 23.2 Å². The number of pyridine rings is 1. The zero-order valence-corrected chi connectivity index (χ0v) is 16.3. The monoisotopic (exact) mass is 383 g/mol. The SMILES string of the molecule is O=C1C2CC(C3CCCCC3)CN2C(=O)N1C1CCOC(c2cccnc2)C1. The van der Waals surface area contributed by atoms with E-state index in [1.165, 1.54) is 32.1 Å². The molecule has 4 unspecified atom stereocenters. The number of fused-ring (bicyclic) bond motifs is 1. The zero-order valence-electron chi connectivity index (χ0n) is 16.3. The Labute approximate surface area is 166 Å². The van der Waals surface area contributed by atoms with Gasteiger partial charge in [-0.25, -0.2) is 4.79 Å². The minimum Gasteiger partial charge on any atom is -0.373 e. The van der Waals surface area contributed by atoms with Gasteiger partial charge < -0.3 is 9.64 Å². The first kappa shape index (κ1) is 18.1. The summed E-state index contributed by atoms with van der Waals surface area (Å²) in [4.78, 5) is 33.9. The molecule has 3 aliphatic heterocycles. The first-order valence-corrected chi connectivity index (χ1v) is 10.9. The number of nitrogens with zero attached hydrogens (tertiary/aromatic N) is 3. The van der Waals surface area contributed by atoms with Gasteiger partial charge in [0.05, 0.1) is 6.10 Å². The van der Waals surface area contributed by atoms with Gasteiger partial charge in [0.1, 0.15) is 6.04 Å². The Morgan fingerprint density at radius 2 is 1.89 bits per heavy atom. The van der Waals surface area contributed by atoms with Crippen LogP contribution in [0.25, 0.3) is 0 Å². The van der Waals surface area contributed by atoms with Gasteiger partial charge >= 0.3 is 6.03 Å². The quantitative estimate of drug-likeness (QED) is 0.749. The number of hydrogen-bond donors (Lipinski definition) is 0. The molecular weight excluding hydrogens is 354 g/mol. The van der Waals surface area contributed by atoms with Gasteiger partial charge in [-0.05, 0) is 42.7 Å². The van der Waals surface area contributed by atoms with E-state index in [0.29, 0.717) is 24.9 Å². The van der Waals surface area contributed by atoms with E-state index in [1.54, 1.807) is 11.1 Å². The molecule has 0 radical (unpaired) electrons. The zero-order chi connectivity index (χ0) is 19.1. The van der Waals surface area contributed by atoms with Crippen molar-refractivity contribution >= 4 is 11.9 Å². The minimum absolute atomic E-state index is 0.0279. The number of rotatable bonds is 3. The molecule has 0 spiro atoms. The molecule has 4 atom stereocenters. The fourth-order valence-electron chi connectivity index (χ4n) is 5.80. The van der Waals surface area contributed by atoms with Gasteiger partial charge in [-0.1, -0.05) is 38.2 Å². The van der Waals surface area contributed by atoms with Gasteiger partial charge in [-0.2, -0.15) is 0 Å². The minimum atomic E-state index is -0.223. The predicted molar refractivity (Wildman–Crippen MR) is 103 cm³/mol. The smallest absolute Gasteiger partial charge is 0.327 e. The molecule has 0 N–H and O–H groups in total. The summed E-state index contributed by atoms with van der Waals surface area (Å²) in [7, 11) is 0. The van der Waals surface area contributed by atoms with Crippen LogP contribution in [0.2, 0.25) is 0 Å². The van der Waals surface area contributed by atoms with Crippen molar-refractivity contribution in [2.24, 2.45) is 11.8 Å². The van der Waals surface area contributed by atoms with Crippen LogP contribution in [0.4, 0.5) is 4.79 Å². The Kier molecular flexibility index (Phi) is 4.83. The van der Waals surface area contributed by atoms with Crippen molar-refractivity contribution in [1.29, 1.82) is 0 Å². The molecule has 3 saturated heterocycles. The first-order chi connectivity index (χ1) is 13.7. The number of amides is 3. The van der Waals surface area contributed by atoms with Crippen LogP contribution >= 0.6 is 0 Å². The molecule has 6 nitrogen and oxygen atoms in total. The van der Waals surface area contributed by atoms with Crippen LogP contribution < -0.4 is 0 Å². The molecule has 150 valence electrons. The van der Waals surface area contributed by atoms with Gasteiger partial charge in [-0.3, -0.25) is 14.7 Å². The van der Waals surface area contributed by atoms with Crippen molar-refractivity contribution in [3.63, 3.8) is 0 Å². The number of carbonyl (C=O) groups is 2. The summed E-state index contributed by atoms with van der Waals surface area (Å²) in [5, 5.41) is 0. The normalized spacial score (nSPS) is 34.1. The molecule has 1 aliphatic carbocycles. The second-order valence-corrected chi connectivity index (χ2v) is 8.88. The molecule has 3 amide bonds. The maximum Gasteiger partial charge on any atom is 0.327 e. The molecule has 4 aliphatic rings. The second kappa shape index (κ2) is 7.47. The fourth-order valence-corrected chi connectivity index (χ4v) is 5.80. The molecule has 4 fully saturated rings. The van der Waals surface area contributed by atoms with E-state index in [2.05, 4.69) is 4.98 Å². The molecule has 28 heavy (non-hydrogen) atoms. The Balaban J connectivity index is 1.27. The highest BCUT2D eigenvalue weighted by atomic mass is 16.5. The van der Waals surface area contributed by atoms with Crippen LogP contribution in [-0.4, -0.2) is 52.0 Å². The average Bonchev–Trinajstić information content (AvgIpc) is 3.29. The number of imide groups is 1. The molecular formula is C22H29N3O3. The van der Waals surface area contributed by atoms with Crippen molar-refractivity contribution < 1.29 is 14.3 Å². The molecule has 0 aromatic carbocycles. The largest absolute Gasteiger partial charge is 0.373 e. The lowest BCUT2D eigenvalue weighted by atomic mass is 9.79. The molecule has 0 bridgehead atoms. The fraction of sp³-hybridized carbons (Fsp3) is 0.682. The molecule has 1 saturated carbocycles. The van der Waals surface area contributed by atoms with Crippen molar-refractivity contribution in [3.8, 4) is 0 Å². The highest BCUT2D eigenvalue weighted by Gasteiger charge is 2.53. The van der Waals surface area contributed by atoms with E-state index >= 15 is 0 Å². The van der Waals surface area contributed by atoms with Crippen molar-refractivity contribution in [1.82, 2.24) is 14.8 Å². The highest BCUT2D eigenvalue weighted by Crippen LogP contribution is 2.42. The maximum atomic E-state index is 13.2. The van der Waals surface area contributed by atoms with Crippen molar-refractivity contribution in [3.05, 3.63) is 30.1 Å². The summed E-state index contributed by atoms with van der Waals surface area (Å²) >= 11 is 0. The summed E-state index contributed by atoms with van der Waals surface area (Å²) in [5.41, 5.74) is 1.02. The number of carbonyl (C=O) groups excluding carboxylic acids is 2. The first-order valence-electron chi connectivity index (χ1n) is 10.9. The van der Waals surface area contributed by atoms with Crippen LogP contribution in [-0.2, 0) is 9.53 Å². The summed E-state index contributed by atoms with van der Waals surface area (Å²) in [6, 6.07) is 3.54. The lowest BCUT2D eigenvalue weighted by molar-refractivity contribution is -0.131. The van der Waals surface area contributed by atoms with Crippen LogP contribution in [0.1, 0.15) is 63.0 Å². The number of ether oxygens (including phenoxy) is 1. The maximum absolute atomic E-state index is 13.2. The van der Waals surface area contributed by atoms with Gasteiger partial charge in [0, 0.05) is 31.6 Å². The molecule has 6 heteroatoms. The lowest BCUT2D eigenvalue weighted by Crippen LogP contribution is -2.45. The van der Waals surface area contributed by atoms with Crippen molar-refractivity contribution in [2.45, 2.75) is 69.6 Å². The third-order valence-corrected chi connectivity index (χ3v) is 7.30. The number of urea groups is 1. The number of hydrogen-bond acceptors (Lipinski definition) is 4. The van der Waals surface area contributed by atoms with Gasteiger partial charge in [0.2, 0.25) is 0 Å². The van der Waals surface area contributed by atoms with E-state index in [4.69, 9.17) is 4.74 Å². The number of aromatic nitrogens is 1. The summed E-state index contributed by atoms with van der Waals surface area (Å²) in [6.07, 6.45) is 12.2. The van der Waals surface area contributed by atoms with Crippen LogP contribution in [0.3, 0.4) is 0 Å². The van der Waals surface area contributed by atoms with Gasteiger partial charge in [0.25, 0.3) is 5.91 Å². The Morgan fingerprint density at radius 1 is 1.04 bits per heavy atom. The standard InChI is InChI=1S/C22H29N3O3/c26-21-19-11-17(15-5-2-1-3-6-15)14-24(19)22(27)25(21)18-8-10-28-20(12-18)16-7-4-9-23-13-16/h4,7,9,13,15,17-20H,1-3,5-6,8,10-12,14H2. The topological polar surface area (TPSA) is 62.7 Å². The van der Waals surface area contributed by atoms with Crippen LogP contribution in [0.15, 0.2) is 24.5 Å². The average molecular weight is 383 g/mol. The third-order valence-electron chi connectivity index (χ3n) is 7.30. The third kappa shape index (κ3) is 3.11. The molecule has 4 heterocycles. The van der Waals surface area contributed by atoms with E-state index in [9.17, 15) is 9.59 Å². The lowest BCUT2D eigenvalue weighted by Gasteiger charge is -2.35. The summed E-state index contributed by atoms with van der Waals surface area (Å²) in [6.45, 7) is 1.34. The van der Waals surface area contributed by atoms with E-state index < -0.39 is 0 Å². The Morgan fingerprint density at radius 3 is 2.64 bits per heavy atom. The van der Waals surface area contributed by atoms with Gasteiger partial charge in [-0.15, -0.1) is 0 Å². The predicted octanol–water partition coefficient (Wildman–Crippen LogP) is 3.53. The molecule has 5 rings (SSSR count). The highest BCUT2D eigenvalue weighted by molar-refractivity contribution is 6.05. The second-order valence-electron chi connectivity index (χ2n) is 8.88. The molecule has 1 aromatic rings. The summed E-state index contributed by atoms with van der Waals surface area (Å²) in [5.74, 6) is 1.24. The van der Waals surface area contributed by atoms with Crippen LogP contribution in [0, 0.1) is 11.8 Å². The Bertz CT molecular complexity index is 710. The van der Waals surface area contributed by atoms with Crippen molar-refractivity contribution in [2.75, 3.05) is 13.2 Å². The summed E-state index contributed by atoms with van der Waals surface area (Å²) < 4.78 is 5.91. The van der Waals surface area contributed by atoms with Gasteiger partial charge in [0.15, 0.2) is 0 Å². The molecule has 1 aromatic heterocycles.